The van der Waals surface area contributed by atoms with Crippen LogP contribution in [0.1, 0.15) is 12.8 Å². The van der Waals surface area contributed by atoms with E-state index < -0.39 is 23.8 Å². The summed E-state index contributed by atoms with van der Waals surface area (Å²) in [6.07, 6.45) is 3.33. The van der Waals surface area contributed by atoms with Crippen molar-refractivity contribution in [2.75, 3.05) is 5.75 Å². The van der Waals surface area contributed by atoms with E-state index in [1.165, 1.54) is 11.8 Å². The van der Waals surface area contributed by atoms with E-state index in [4.69, 9.17) is 0 Å². The van der Waals surface area contributed by atoms with Crippen LogP contribution >= 0.6 is 11.8 Å². The summed E-state index contributed by atoms with van der Waals surface area (Å²) in [6.45, 7) is 0. The lowest BCUT2D eigenvalue weighted by atomic mass is 10.3. The fraction of sp³-hybridized carbons (Fsp3) is 0.333. The number of carbonyl (C=O) groups excluding carboxylic acids is 3. The van der Waals surface area contributed by atoms with Gasteiger partial charge in [-0.15, -0.1) is 11.8 Å². The lowest BCUT2D eigenvalue weighted by Crippen LogP contribution is -2.51. The van der Waals surface area contributed by atoms with Gasteiger partial charge >= 0.3 is 0 Å². The molecule has 7 heteroatoms. The summed E-state index contributed by atoms with van der Waals surface area (Å²) in [5.41, 5.74) is 0. The van der Waals surface area contributed by atoms with Crippen molar-refractivity contribution >= 4 is 29.5 Å². The Morgan fingerprint density at radius 3 is 2.63 bits per heavy atom. The molecule has 2 rings (SSSR count). The third-order valence-electron chi connectivity index (χ3n) is 2.72. The first-order valence-electron chi connectivity index (χ1n) is 5.68. The Morgan fingerprint density at radius 2 is 2.11 bits per heavy atom. The van der Waals surface area contributed by atoms with E-state index in [2.05, 4.69) is 4.98 Å². The number of pyridine rings is 1. The predicted octanol–water partition coefficient (Wildman–Crippen LogP) is -0.559. The second-order valence-corrected chi connectivity index (χ2v) is 5.09. The molecule has 0 radical (unpaired) electrons. The largest absolute Gasteiger partial charge is 0.548 e. The Labute approximate surface area is 113 Å². The van der Waals surface area contributed by atoms with Crippen LogP contribution in [0.2, 0.25) is 0 Å². The number of amides is 2. The van der Waals surface area contributed by atoms with Crippen molar-refractivity contribution < 1.29 is 19.5 Å². The molecule has 0 saturated carbocycles. The average Bonchev–Trinajstić information content (AvgIpc) is 2.72. The maximum atomic E-state index is 11.5. The number of nitrogens with zero attached hydrogens (tertiary/aromatic N) is 2. The van der Waals surface area contributed by atoms with Gasteiger partial charge in [0.1, 0.15) is 0 Å². The highest BCUT2D eigenvalue weighted by Crippen LogP contribution is 2.22. The number of carboxylic acid groups (broad SMARTS) is 1. The molecular formula is C12H11N2O4S-. The van der Waals surface area contributed by atoms with Gasteiger partial charge in [-0.3, -0.25) is 19.5 Å². The Balaban J connectivity index is 2.07. The zero-order valence-electron chi connectivity index (χ0n) is 9.94. The fourth-order valence-electron chi connectivity index (χ4n) is 1.80. The van der Waals surface area contributed by atoms with Crippen LogP contribution < -0.4 is 5.11 Å². The fourth-order valence-corrected chi connectivity index (χ4v) is 2.74. The van der Waals surface area contributed by atoms with Crippen LogP contribution in [0, 0.1) is 0 Å². The van der Waals surface area contributed by atoms with Crippen LogP contribution in [0.4, 0.5) is 0 Å². The third kappa shape index (κ3) is 3.11. The zero-order chi connectivity index (χ0) is 13.8. The number of carboxylic acids is 1. The second-order valence-electron chi connectivity index (χ2n) is 3.99. The molecule has 1 aliphatic rings. The number of aromatic nitrogens is 1. The van der Waals surface area contributed by atoms with Gasteiger partial charge in [0.05, 0.1) is 12.0 Å². The van der Waals surface area contributed by atoms with Crippen LogP contribution in [-0.4, -0.2) is 39.5 Å². The van der Waals surface area contributed by atoms with E-state index in [0.717, 1.165) is 9.80 Å². The summed E-state index contributed by atoms with van der Waals surface area (Å²) < 4.78 is 0. The molecule has 0 N–H and O–H groups in total. The maximum Gasteiger partial charge on any atom is 0.230 e. The zero-order valence-corrected chi connectivity index (χ0v) is 10.8. The van der Waals surface area contributed by atoms with Gasteiger partial charge in [-0.2, -0.15) is 0 Å². The molecule has 0 aromatic carbocycles. The van der Waals surface area contributed by atoms with Crippen molar-refractivity contribution in [2.45, 2.75) is 23.8 Å². The van der Waals surface area contributed by atoms with Crippen LogP contribution in [-0.2, 0) is 14.4 Å². The lowest BCUT2D eigenvalue weighted by Gasteiger charge is -2.26. The first-order valence-corrected chi connectivity index (χ1v) is 6.66. The molecule has 2 amide bonds. The highest BCUT2D eigenvalue weighted by Gasteiger charge is 2.35. The van der Waals surface area contributed by atoms with Gasteiger partial charge in [0.15, 0.2) is 0 Å². The minimum absolute atomic E-state index is 0.0610. The first-order chi connectivity index (χ1) is 9.09. The number of rotatable bonds is 5. The molecule has 2 heterocycles. The van der Waals surface area contributed by atoms with Crippen LogP contribution in [0.25, 0.3) is 0 Å². The van der Waals surface area contributed by atoms with Crippen molar-refractivity contribution in [3.8, 4) is 0 Å². The molecule has 1 saturated heterocycles. The van der Waals surface area contributed by atoms with Gasteiger partial charge < -0.3 is 9.90 Å². The van der Waals surface area contributed by atoms with Crippen LogP contribution in [0.3, 0.4) is 0 Å². The Kier molecular flexibility index (Phi) is 4.16. The normalized spacial score (nSPS) is 16.7. The monoisotopic (exact) mass is 279 g/mol. The standard InChI is InChI=1S/C12H12N2O4S/c15-10-3-4-11(16)14(10)9(12(17)18)7-19-8-2-1-5-13-6-8/h1-2,5-6,9H,3-4,7H2,(H,17,18)/p-1. The highest BCUT2D eigenvalue weighted by molar-refractivity contribution is 7.99. The smallest absolute Gasteiger partial charge is 0.230 e. The second kappa shape index (κ2) is 5.83. The summed E-state index contributed by atoms with van der Waals surface area (Å²) in [5.74, 6) is -2.26. The van der Waals surface area contributed by atoms with E-state index in [-0.39, 0.29) is 18.6 Å². The molecule has 19 heavy (non-hydrogen) atoms. The Morgan fingerprint density at radius 1 is 1.42 bits per heavy atom. The van der Waals surface area contributed by atoms with Gasteiger partial charge in [0.25, 0.3) is 0 Å². The molecule has 1 aromatic heterocycles. The van der Waals surface area contributed by atoms with Gasteiger partial charge in [0, 0.05) is 35.9 Å². The van der Waals surface area contributed by atoms with Crippen molar-refractivity contribution in [3.63, 3.8) is 0 Å². The summed E-state index contributed by atoms with van der Waals surface area (Å²) in [4.78, 5) is 39.7. The molecule has 1 fully saturated rings. The minimum Gasteiger partial charge on any atom is -0.548 e. The SMILES string of the molecule is O=C([O-])C(CSc1cccnc1)N1C(=O)CCC1=O. The molecule has 100 valence electrons. The predicted molar refractivity (Wildman–Crippen MR) is 64.8 cm³/mol. The van der Waals surface area contributed by atoms with Gasteiger partial charge in [0.2, 0.25) is 11.8 Å². The molecule has 1 atom stereocenters. The highest BCUT2D eigenvalue weighted by atomic mass is 32.2. The lowest BCUT2D eigenvalue weighted by molar-refractivity contribution is -0.310. The van der Waals surface area contributed by atoms with E-state index >= 15 is 0 Å². The number of carbonyl (C=O) groups is 3. The van der Waals surface area contributed by atoms with Crippen molar-refractivity contribution in [2.24, 2.45) is 0 Å². The summed E-state index contributed by atoms with van der Waals surface area (Å²) in [7, 11) is 0. The first kappa shape index (κ1) is 13.5. The van der Waals surface area contributed by atoms with Gasteiger partial charge in [-0.05, 0) is 12.1 Å². The Hall–Kier alpha value is -1.89. The molecule has 1 unspecified atom stereocenters. The average molecular weight is 279 g/mol. The number of hydrogen-bond donors (Lipinski definition) is 0. The third-order valence-corrected chi connectivity index (χ3v) is 3.77. The number of imide groups is 1. The maximum absolute atomic E-state index is 11.5. The van der Waals surface area contributed by atoms with Crippen molar-refractivity contribution in [1.29, 1.82) is 0 Å². The van der Waals surface area contributed by atoms with Crippen LogP contribution in [0.5, 0.6) is 0 Å². The van der Waals surface area contributed by atoms with Crippen molar-refractivity contribution in [3.05, 3.63) is 24.5 Å². The molecule has 0 bridgehead atoms. The van der Waals surface area contributed by atoms with Gasteiger partial charge in [-0.25, -0.2) is 0 Å². The van der Waals surface area contributed by atoms with E-state index in [0.29, 0.717) is 0 Å². The quantitative estimate of drug-likeness (QED) is 0.530. The molecule has 0 spiro atoms. The molecule has 6 nitrogen and oxygen atoms in total. The van der Waals surface area contributed by atoms with Gasteiger partial charge in [-0.1, -0.05) is 0 Å². The summed E-state index contributed by atoms with van der Waals surface area (Å²) in [6, 6.07) is 2.27. The Bertz CT molecular complexity index is 490. The number of hydrogen-bond acceptors (Lipinski definition) is 6. The van der Waals surface area contributed by atoms with Crippen LogP contribution in [0.15, 0.2) is 29.4 Å². The van der Waals surface area contributed by atoms with E-state index in [1.54, 1.807) is 24.5 Å². The van der Waals surface area contributed by atoms with Crippen molar-refractivity contribution in [1.82, 2.24) is 9.88 Å². The number of aliphatic carboxylic acids is 1. The molecule has 1 aliphatic heterocycles. The van der Waals surface area contributed by atoms with E-state index in [1.807, 2.05) is 0 Å². The number of likely N-dealkylation sites (tertiary alicyclic amines) is 1. The number of thioether (sulfide) groups is 1. The summed E-state index contributed by atoms with van der Waals surface area (Å²) in [5, 5.41) is 11.1. The summed E-state index contributed by atoms with van der Waals surface area (Å²) >= 11 is 1.22. The molecule has 0 aliphatic carbocycles. The van der Waals surface area contributed by atoms with E-state index in [9.17, 15) is 19.5 Å². The molecular weight excluding hydrogens is 268 g/mol. The minimum atomic E-state index is -1.42. The topological polar surface area (TPSA) is 90.4 Å². The molecule has 1 aromatic rings.